The van der Waals surface area contributed by atoms with Crippen molar-refractivity contribution < 1.29 is 9.29 Å². The zero-order valence-electron chi connectivity index (χ0n) is 12.3. The van der Waals surface area contributed by atoms with Crippen molar-refractivity contribution in [1.29, 1.82) is 0 Å². The number of benzene rings is 1. The number of hydrogen-bond acceptors (Lipinski definition) is 4. The molecule has 2 aromatic rings. The minimum Gasteiger partial charge on any atom is -0.591 e. The first-order valence-corrected chi connectivity index (χ1v) is 7.70. The third-order valence-corrected chi connectivity index (χ3v) is 3.92. The Morgan fingerprint density at radius 3 is 2.43 bits per heavy atom. The van der Waals surface area contributed by atoms with Gasteiger partial charge in [0, 0.05) is 6.20 Å². The van der Waals surface area contributed by atoms with Gasteiger partial charge in [0.05, 0.1) is 12.4 Å². The van der Waals surface area contributed by atoms with E-state index in [1.165, 1.54) is 0 Å². The molecule has 0 aliphatic carbocycles. The van der Waals surface area contributed by atoms with Crippen molar-refractivity contribution in [3.8, 4) is 11.5 Å². The SMILES string of the molecule is CC(C)(C)[S@@+]([O-])N=Cc1ccc(Oc2cccnc2)cc1. The van der Waals surface area contributed by atoms with Crippen LogP contribution in [-0.2, 0) is 11.4 Å². The van der Waals surface area contributed by atoms with E-state index in [0.717, 1.165) is 11.3 Å². The van der Waals surface area contributed by atoms with Gasteiger partial charge in [-0.3, -0.25) is 4.98 Å². The fourth-order valence-electron chi connectivity index (χ4n) is 1.43. The van der Waals surface area contributed by atoms with Crippen LogP contribution in [0.3, 0.4) is 0 Å². The molecule has 0 fully saturated rings. The van der Waals surface area contributed by atoms with Gasteiger partial charge in [-0.05, 0) is 62.7 Å². The van der Waals surface area contributed by atoms with Gasteiger partial charge in [0.15, 0.2) is 0 Å². The Bertz CT molecular complexity index is 592. The maximum absolute atomic E-state index is 11.8. The molecule has 1 heterocycles. The molecule has 1 aromatic carbocycles. The molecule has 1 atom stereocenters. The number of pyridine rings is 1. The second kappa shape index (κ2) is 6.74. The molecule has 0 radical (unpaired) electrons. The molecule has 1 aromatic heterocycles. The van der Waals surface area contributed by atoms with Gasteiger partial charge in [-0.2, -0.15) is 0 Å². The highest BCUT2D eigenvalue weighted by Gasteiger charge is 2.25. The van der Waals surface area contributed by atoms with Gasteiger partial charge >= 0.3 is 0 Å². The second-order valence-corrected chi connectivity index (χ2v) is 7.39. The summed E-state index contributed by atoms with van der Waals surface area (Å²) in [4.78, 5) is 3.99. The van der Waals surface area contributed by atoms with Gasteiger partial charge < -0.3 is 9.29 Å². The molecule has 0 N–H and O–H groups in total. The maximum atomic E-state index is 11.8. The van der Waals surface area contributed by atoms with E-state index < -0.39 is 11.4 Å². The molecule has 0 amide bonds. The summed E-state index contributed by atoms with van der Waals surface area (Å²) in [5, 5.41) is 0. The largest absolute Gasteiger partial charge is 0.591 e. The highest BCUT2D eigenvalue weighted by molar-refractivity contribution is 7.91. The Labute approximate surface area is 128 Å². The van der Waals surface area contributed by atoms with Crippen LogP contribution in [0.2, 0.25) is 0 Å². The smallest absolute Gasteiger partial charge is 0.145 e. The van der Waals surface area contributed by atoms with Crippen LogP contribution in [0.15, 0.2) is 53.2 Å². The number of nitrogens with zero attached hydrogens (tertiary/aromatic N) is 2. The molecule has 4 nitrogen and oxygen atoms in total. The first-order chi connectivity index (χ1) is 9.95. The van der Waals surface area contributed by atoms with Gasteiger partial charge in [0.2, 0.25) is 0 Å². The molecule has 0 aliphatic rings. The van der Waals surface area contributed by atoms with Crippen LogP contribution < -0.4 is 4.74 Å². The highest BCUT2D eigenvalue weighted by atomic mass is 32.2. The zero-order chi connectivity index (χ0) is 15.3. The lowest BCUT2D eigenvalue weighted by Crippen LogP contribution is -2.25. The van der Waals surface area contributed by atoms with Crippen molar-refractivity contribution in [2.45, 2.75) is 25.5 Å². The Morgan fingerprint density at radius 1 is 1.14 bits per heavy atom. The summed E-state index contributed by atoms with van der Waals surface area (Å²) in [5.41, 5.74) is 0.881. The molecule has 0 spiro atoms. The third kappa shape index (κ3) is 4.88. The molecule has 21 heavy (non-hydrogen) atoms. The summed E-state index contributed by atoms with van der Waals surface area (Å²) in [6, 6.07) is 11.1. The second-order valence-electron chi connectivity index (χ2n) is 5.46. The van der Waals surface area contributed by atoms with E-state index in [1.54, 1.807) is 18.6 Å². The van der Waals surface area contributed by atoms with E-state index in [9.17, 15) is 4.55 Å². The van der Waals surface area contributed by atoms with Crippen molar-refractivity contribution in [1.82, 2.24) is 4.98 Å². The van der Waals surface area contributed by atoms with Crippen molar-refractivity contribution in [2.75, 3.05) is 0 Å². The molecular formula is C16H18N2O2S. The lowest BCUT2D eigenvalue weighted by Gasteiger charge is -2.17. The number of rotatable bonds is 4. The standard InChI is InChI=1S/C16H18N2O2S/c1-16(2,3)21(19)18-11-13-6-8-14(9-7-13)20-15-5-4-10-17-12-15/h4-12H,1-3H3/t21-/m1/s1. The molecule has 0 aliphatic heterocycles. The lowest BCUT2D eigenvalue weighted by molar-refractivity contribution is 0.480. The van der Waals surface area contributed by atoms with Crippen molar-refractivity contribution >= 4 is 17.6 Å². The van der Waals surface area contributed by atoms with E-state index in [0.29, 0.717) is 5.75 Å². The molecule has 2 rings (SSSR count). The van der Waals surface area contributed by atoms with Gasteiger partial charge in [0.1, 0.15) is 27.6 Å². The van der Waals surface area contributed by atoms with Gasteiger partial charge in [-0.1, -0.05) is 4.40 Å². The Kier molecular flexibility index (Phi) is 4.98. The number of aromatic nitrogens is 1. The average Bonchev–Trinajstić information content (AvgIpc) is 2.46. The maximum Gasteiger partial charge on any atom is 0.145 e. The minimum absolute atomic E-state index is 0.347. The van der Waals surface area contributed by atoms with Crippen molar-refractivity contribution in [3.05, 3.63) is 54.4 Å². The van der Waals surface area contributed by atoms with Gasteiger partial charge in [-0.25, -0.2) is 0 Å². The molecule has 0 bridgehead atoms. The van der Waals surface area contributed by atoms with E-state index in [2.05, 4.69) is 9.38 Å². The Morgan fingerprint density at radius 2 is 1.86 bits per heavy atom. The van der Waals surface area contributed by atoms with Crippen LogP contribution in [0.25, 0.3) is 0 Å². The third-order valence-electron chi connectivity index (χ3n) is 2.57. The molecule has 0 saturated carbocycles. The van der Waals surface area contributed by atoms with Crippen molar-refractivity contribution in [2.24, 2.45) is 4.40 Å². The highest BCUT2D eigenvalue weighted by Crippen LogP contribution is 2.20. The molecule has 0 unspecified atom stereocenters. The number of hydrogen-bond donors (Lipinski definition) is 0. The van der Waals surface area contributed by atoms with Gasteiger partial charge in [-0.15, -0.1) is 0 Å². The lowest BCUT2D eigenvalue weighted by atomic mass is 10.2. The van der Waals surface area contributed by atoms with E-state index in [-0.39, 0.29) is 4.75 Å². The minimum atomic E-state index is -1.24. The number of ether oxygens (including phenoxy) is 1. The monoisotopic (exact) mass is 302 g/mol. The molecule has 110 valence electrons. The van der Waals surface area contributed by atoms with E-state index in [4.69, 9.17) is 4.74 Å². The fourth-order valence-corrected chi connectivity index (χ4v) is 1.97. The van der Waals surface area contributed by atoms with Crippen LogP contribution in [-0.4, -0.2) is 20.5 Å². The predicted octanol–water partition coefficient (Wildman–Crippen LogP) is 3.76. The normalized spacial score (nSPS) is 13.3. The van der Waals surface area contributed by atoms with Crippen LogP contribution in [0.4, 0.5) is 0 Å². The van der Waals surface area contributed by atoms with Crippen LogP contribution in [0.5, 0.6) is 11.5 Å². The molecule has 0 saturated heterocycles. The predicted molar refractivity (Wildman–Crippen MR) is 86.2 cm³/mol. The van der Waals surface area contributed by atoms with E-state index in [1.807, 2.05) is 57.2 Å². The summed E-state index contributed by atoms with van der Waals surface area (Å²) in [6.45, 7) is 5.68. The summed E-state index contributed by atoms with van der Waals surface area (Å²) in [6.07, 6.45) is 4.97. The summed E-state index contributed by atoms with van der Waals surface area (Å²) >= 11 is -1.24. The summed E-state index contributed by atoms with van der Waals surface area (Å²) in [7, 11) is 0. The summed E-state index contributed by atoms with van der Waals surface area (Å²) in [5.74, 6) is 1.41. The zero-order valence-corrected chi connectivity index (χ0v) is 13.1. The first kappa shape index (κ1) is 15.5. The molecule has 5 heteroatoms. The Hall–Kier alpha value is -1.85. The fraction of sp³-hybridized carbons (Fsp3) is 0.250. The van der Waals surface area contributed by atoms with Crippen LogP contribution in [0, 0.1) is 0 Å². The van der Waals surface area contributed by atoms with E-state index >= 15 is 0 Å². The van der Waals surface area contributed by atoms with Gasteiger partial charge in [0.25, 0.3) is 0 Å². The van der Waals surface area contributed by atoms with Crippen molar-refractivity contribution in [3.63, 3.8) is 0 Å². The molecular weight excluding hydrogens is 284 g/mol. The average molecular weight is 302 g/mol. The quantitative estimate of drug-likeness (QED) is 0.638. The topological polar surface area (TPSA) is 57.5 Å². The Balaban J connectivity index is 2.01. The first-order valence-electron chi connectivity index (χ1n) is 6.59. The van der Waals surface area contributed by atoms with Crippen LogP contribution >= 0.6 is 0 Å². The summed E-state index contributed by atoms with van der Waals surface area (Å²) < 4.78 is 21.2. The van der Waals surface area contributed by atoms with Crippen LogP contribution in [0.1, 0.15) is 26.3 Å².